The fourth-order valence-electron chi connectivity index (χ4n) is 1.43. The third kappa shape index (κ3) is 2.27. The fraction of sp³-hybridized carbons (Fsp3) is 0.385. The van der Waals surface area contributed by atoms with Gasteiger partial charge in [-0.3, -0.25) is 0 Å². The molecule has 0 radical (unpaired) electrons. The van der Waals surface area contributed by atoms with Crippen LogP contribution in [0.5, 0.6) is 0 Å². The Labute approximate surface area is 90.7 Å². The molecule has 1 rings (SSSR count). The van der Waals surface area contributed by atoms with Gasteiger partial charge in [-0.2, -0.15) is 0 Å². The van der Waals surface area contributed by atoms with E-state index in [1.165, 1.54) is 22.4 Å². The van der Waals surface area contributed by atoms with Gasteiger partial charge in [-0.25, -0.2) is 0 Å². The molecule has 1 heteroatoms. The predicted octanol–water partition coefficient (Wildman–Crippen LogP) is 4.22. The summed E-state index contributed by atoms with van der Waals surface area (Å²) in [5, 5.41) is 2.25. The fourth-order valence-corrected chi connectivity index (χ4v) is 2.40. The van der Waals surface area contributed by atoms with Crippen molar-refractivity contribution in [3.63, 3.8) is 0 Å². The second-order valence-corrected chi connectivity index (χ2v) is 4.55. The van der Waals surface area contributed by atoms with Crippen molar-refractivity contribution in [1.82, 2.24) is 0 Å². The number of allylic oxidation sites excluding steroid dienone is 1. The minimum absolute atomic E-state index is 0.623. The average Bonchev–Trinajstić information content (AvgIpc) is 2.56. The monoisotopic (exact) mass is 204 g/mol. The number of aryl methyl sites for hydroxylation is 1. The van der Waals surface area contributed by atoms with Gasteiger partial charge in [0.2, 0.25) is 0 Å². The van der Waals surface area contributed by atoms with E-state index in [0.29, 0.717) is 5.92 Å². The zero-order chi connectivity index (χ0) is 10.6. The molecule has 0 aromatic carbocycles. The van der Waals surface area contributed by atoms with Crippen LogP contribution in [0.3, 0.4) is 0 Å². The van der Waals surface area contributed by atoms with Crippen molar-refractivity contribution >= 4 is 17.4 Å². The molecule has 0 N–H and O–H groups in total. The SMILES string of the molecule is C#C/C=C\c1c(C(C)CC)csc1C. The molecule has 0 saturated carbocycles. The normalized spacial score (nSPS) is 13.0. The maximum absolute atomic E-state index is 5.22. The van der Waals surface area contributed by atoms with Crippen LogP contribution in [-0.4, -0.2) is 0 Å². The molecule has 0 aliphatic heterocycles. The Hall–Kier alpha value is -1.00. The summed E-state index contributed by atoms with van der Waals surface area (Å²) in [4.78, 5) is 1.35. The van der Waals surface area contributed by atoms with Crippen LogP contribution >= 0.6 is 11.3 Å². The maximum atomic E-state index is 5.22. The topological polar surface area (TPSA) is 0 Å². The largest absolute Gasteiger partial charge is 0.148 e. The van der Waals surface area contributed by atoms with E-state index in [1.54, 1.807) is 17.4 Å². The second-order valence-electron chi connectivity index (χ2n) is 3.47. The first kappa shape index (κ1) is 11.1. The molecular weight excluding hydrogens is 188 g/mol. The van der Waals surface area contributed by atoms with Crippen LogP contribution in [0.1, 0.15) is 42.2 Å². The molecule has 1 aromatic rings. The average molecular weight is 204 g/mol. The van der Waals surface area contributed by atoms with Crippen molar-refractivity contribution in [2.45, 2.75) is 33.1 Å². The third-order valence-corrected chi connectivity index (χ3v) is 3.49. The lowest BCUT2D eigenvalue weighted by molar-refractivity contribution is 0.735. The summed E-state index contributed by atoms with van der Waals surface area (Å²) in [6.45, 7) is 6.62. The number of terminal acetylenes is 1. The molecule has 0 aliphatic rings. The summed E-state index contributed by atoms with van der Waals surface area (Å²) in [6, 6.07) is 0. The summed E-state index contributed by atoms with van der Waals surface area (Å²) in [7, 11) is 0. The molecular formula is C13H16S. The van der Waals surface area contributed by atoms with Crippen molar-refractivity contribution < 1.29 is 0 Å². The van der Waals surface area contributed by atoms with E-state index in [9.17, 15) is 0 Å². The number of hydrogen-bond acceptors (Lipinski definition) is 1. The highest BCUT2D eigenvalue weighted by molar-refractivity contribution is 7.10. The summed E-state index contributed by atoms with van der Waals surface area (Å²) in [5.41, 5.74) is 2.75. The summed E-state index contributed by atoms with van der Waals surface area (Å²) >= 11 is 1.81. The first-order valence-electron chi connectivity index (χ1n) is 4.91. The minimum atomic E-state index is 0.623. The molecule has 74 valence electrons. The van der Waals surface area contributed by atoms with E-state index in [0.717, 1.165) is 0 Å². The molecule has 1 unspecified atom stereocenters. The lowest BCUT2D eigenvalue weighted by Crippen LogP contribution is -1.91. The molecule has 1 aromatic heterocycles. The first-order valence-corrected chi connectivity index (χ1v) is 5.79. The predicted molar refractivity (Wildman–Crippen MR) is 65.6 cm³/mol. The van der Waals surface area contributed by atoms with Crippen molar-refractivity contribution in [3.8, 4) is 12.3 Å². The van der Waals surface area contributed by atoms with Gasteiger partial charge in [-0.1, -0.05) is 19.8 Å². The van der Waals surface area contributed by atoms with Gasteiger partial charge in [0.15, 0.2) is 0 Å². The van der Waals surface area contributed by atoms with E-state index in [1.807, 2.05) is 6.08 Å². The van der Waals surface area contributed by atoms with Crippen LogP contribution in [0.2, 0.25) is 0 Å². The molecule has 1 atom stereocenters. The Morgan fingerprint density at radius 2 is 2.36 bits per heavy atom. The molecule has 1 heterocycles. The van der Waals surface area contributed by atoms with Crippen LogP contribution < -0.4 is 0 Å². The van der Waals surface area contributed by atoms with Crippen LogP contribution in [0.4, 0.5) is 0 Å². The van der Waals surface area contributed by atoms with E-state index in [2.05, 4.69) is 32.1 Å². The number of thiophene rings is 1. The van der Waals surface area contributed by atoms with E-state index >= 15 is 0 Å². The molecule has 0 amide bonds. The van der Waals surface area contributed by atoms with Gasteiger partial charge < -0.3 is 0 Å². The lowest BCUT2D eigenvalue weighted by atomic mass is 9.96. The van der Waals surface area contributed by atoms with Crippen LogP contribution in [0.15, 0.2) is 11.5 Å². The van der Waals surface area contributed by atoms with Crippen molar-refractivity contribution in [2.24, 2.45) is 0 Å². The summed E-state index contributed by atoms with van der Waals surface area (Å²) in [5.74, 6) is 3.16. The smallest absolute Gasteiger partial charge is 0.00897 e. The Balaban J connectivity index is 3.07. The van der Waals surface area contributed by atoms with Gasteiger partial charge in [0.1, 0.15) is 0 Å². The van der Waals surface area contributed by atoms with E-state index in [4.69, 9.17) is 6.42 Å². The van der Waals surface area contributed by atoms with Crippen molar-refractivity contribution in [3.05, 3.63) is 27.5 Å². The molecule has 0 spiro atoms. The van der Waals surface area contributed by atoms with Gasteiger partial charge in [0, 0.05) is 4.88 Å². The zero-order valence-electron chi connectivity index (χ0n) is 9.00. The molecule has 14 heavy (non-hydrogen) atoms. The minimum Gasteiger partial charge on any atom is -0.148 e. The first-order chi connectivity index (χ1) is 6.70. The number of rotatable bonds is 3. The Morgan fingerprint density at radius 1 is 1.64 bits per heavy atom. The molecule has 0 fully saturated rings. The van der Waals surface area contributed by atoms with Gasteiger partial charge in [-0.15, -0.1) is 17.8 Å². The van der Waals surface area contributed by atoms with Crippen LogP contribution in [0.25, 0.3) is 6.08 Å². The van der Waals surface area contributed by atoms with Gasteiger partial charge in [0.25, 0.3) is 0 Å². The highest BCUT2D eigenvalue weighted by atomic mass is 32.1. The summed E-state index contributed by atoms with van der Waals surface area (Å²) < 4.78 is 0. The molecule has 0 aliphatic carbocycles. The quantitative estimate of drug-likeness (QED) is 0.647. The number of hydrogen-bond donors (Lipinski definition) is 0. The maximum Gasteiger partial charge on any atom is 0.00897 e. The van der Waals surface area contributed by atoms with Gasteiger partial charge >= 0.3 is 0 Å². The van der Waals surface area contributed by atoms with Gasteiger partial charge in [0.05, 0.1) is 0 Å². The van der Waals surface area contributed by atoms with Crippen LogP contribution in [0, 0.1) is 19.3 Å². The van der Waals surface area contributed by atoms with Gasteiger partial charge in [-0.05, 0) is 47.9 Å². The zero-order valence-corrected chi connectivity index (χ0v) is 9.82. The third-order valence-electron chi connectivity index (χ3n) is 2.54. The molecule has 0 saturated heterocycles. The Morgan fingerprint density at radius 3 is 2.93 bits per heavy atom. The highest BCUT2D eigenvalue weighted by Gasteiger charge is 2.10. The second kappa shape index (κ2) is 5.02. The lowest BCUT2D eigenvalue weighted by Gasteiger charge is -2.07. The molecule has 0 bridgehead atoms. The Bertz CT molecular complexity index is 363. The standard InChI is InChI=1S/C13H16S/c1-5-7-8-12-11(4)14-9-13(12)10(3)6-2/h1,7-10H,6H2,2-4H3/b8-7-. The highest BCUT2D eigenvalue weighted by Crippen LogP contribution is 2.30. The molecule has 0 nitrogen and oxygen atoms in total. The van der Waals surface area contributed by atoms with Crippen molar-refractivity contribution in [2.75, 3.05) is 0 Å². The van der Waals surface area contributed by atoms with E-state index in [-0.39, 0.29) is 0 Å². The van der Waals surface area contributed by atoms with Crippen LogP contribution in [-0.2, 0) is 0 Å². The van der Waals surface area contributed by atoms with E-state index < -0.39 is 0 Å². The summed E-state index contributed by atoms with van der Waals surface area (Å²) in [6.07, 6.45) is 10.2. The Kier molecular flexibility index (Phi) is 3.98. The van der Waals surface area contributed by atoms with Crippen molar-refractivity contribution in [1.29, 1.82) is 0 Å².